The number of pyridine rings is 1. The standard InChI is InChI=1S/C19H29N3O2.C2HF3O2/c1-4-15(5-2)11-21-10-6-9-19(13-21)14-22(18(19)24)16-7-8-17(23)20(3)12-16;3-2(4,5)1(6)7/h7-8,12,15H,4-6,9-11,13-14H2,1-3H3;(H,6,7). The number of carbonyl (C=O) groups is 2. The van der Waals surface area contributed by atoms with Gasteiger partial charge in [-0.3, -0.25) is 9.59 Å². The second kappa shape index (κ2) is 9.84. The molecule has 0 bridgehead atoms. The summed E-state index contributed by atoms with van der Waals surface area (Å²) in [7, 11) is 1.73. The number of carboxylic acid groups (broad SMARTS) is 1. The van der Waals surface area contributed by atoms with Crippen molar-refractivity contribution in [3.8, 4) is 0 Å². The fraction of sp³-hybridized carbons (Fsp3) is 0.667. The van der Waals surface area contributed by atoms with Gasteiger partial charge in [0.05, 0.1) is 11.1 Å². The summed E-state index contributed by atoms with van der Waals surface area (Å²) in [6.07, 6.45) is 1.19. The number of likely N-dealkylation sites (tertiary alicyclic amines) is 1. The first kappa shape index (κ1) is 24.9. The number of alkyl halides is 3. The summed E-state index contributed by atoms with van der Waals surface area (Å²) in [5.41, 5.74) is 0.596. The quantitative estimate of drug-likeness (QED) is 0.705. The zero-order valence-electron chi connectivity index (χ0n) is 18.1. The molecule has 0 radical (unpaired) electrons. The second-order valence-corrected chi connectivity index (χ2v) is 8.33. The molecule has 2 fully saturated rings. The van der Waals surface area contributed by atoms with Gasteiger partial charge in [0.2, 0.25) is 11.5 Å². The Balaban J connectivity index is 0.000000423. The average molecular weight is 445 g/mol. The van der Waals surface area contributed by atoms with Gasteiger partial charge in [-0.2, -0.15) is 13.2 Å². The van der Waals surface area contributed by atoms with Crippen LogP contribution in [0.5, 0.6) is 0 Å². The Hall–Kier alpha value is -2.36. The maximum atomic E-state index is 12.9. The highest BCUT2D eigenvalue weighted by Crippen LogP contribution is 2.42. The molecule has 0 aromatic carbocycles. The summed E-state index contributed by atoms with van der Waals surface area (Å²) in [4.78, 5) is 37.7. The molecule has 174 valence electrons. The van der Waals surface area contributed by atoms with E-state index < -0.39 is 12.1 Å². The highest BCUT2D eigenvalue weighted by atomic mass is 19.4. The Labute approximate surface area is 179 Å². The molecular weight excluding hydrogens is 415 g/mol. The number of hydrogen-bond donors (Lipinski definition) is 1. The topological polar surface area (TPSA) is 82.8 Å². The van der Waals surface area contributed by atoms with E-state index in [-0.39, 0.29) is 16.9 Å². The van der Waals surface area contributed by atoms with Crippen LogP contribution < -0.4 is 10.5 Å². The van der Waals surface area contributed by atoms with Crippen molar-refractivity contribution in [1.29, 1.82) is 0 Å². The van der Waals surface area contributed by atoms with Crippen LogP contribution in [0.4, 0.5) is 18.9 Å². The highest BCUT2D eigenvalue weighted by Gasteiger charge is 2.54. The van der Waals surface area contributed by atoms with E-state index in [4.69, 9.17) is 9.90 Å². The maximum absolute atomic E-state index is 12.9. The van der Waals surface area contributed by atoms with Gasteiger partial charge in [0, 0.05) is 38.9 Å². The van der Waals surface area contributed by atoms with Gasteiger partial charge in [-0.25, -0.2) is 4.79 Å². The van der Waals surface area contributed by atoms with E-state index in [1.807, 2.05) is 4.90 Å². The van der Waals surface area contributed by atoms with Crippen LogP contribution in [0, 0.1) is 11.3 Å². The number of nitrogens with zero attached hydrogens (tertiary/aromatic N) is 3. The Kier molecular flexibility index (Phi) is 7.91. The minimum absolute atomic E-state index is 0.0459. The van der Waals surface area contributed by atoms with Crippen molar-refractivity contribution in [2.75, 3.05) is 31.1 Å². The summed E-state index contributed by atoms with van der Waals surface area (Å²) in [5, 5.41) is 7.12. The highest BCUT2D eigenvalue weighted by molar-refractivity contribution is 6.04. The molecule has 1 atom stereocenters. The SMILES string of the molecule is CCC(CC)CN1CCCC2(C1)CN(c1ccc(=O)n(C)c1)C2=O.O=C(O)C(F)(F)F. The predicted molar refractivity (Wildman–Crippen MR) is 110 cm³/mol. The first-order valence-corrected chi connectivity index (χ1v) is 10.4. The molecular formula is C21H30F3N3O4. The normalized spacial score (nSPS) is 21.6. The molecule has 1 unspecified atom stereocenters. The fourth-order valence-electron chi connectivity index (χ4n) is 4.18. The molecule has 1 N–H and O–H groups in total. The number of carbonyl (C=O) groups excluding carboxylic acids is 1. The zero-order valence-corrected chi connectivity index (χ0v) is 18.1. The molecule has 2 saturated heterocycles. The minimum atomic E-state index is -5.08. The lowest BCUT2D eigenvalue weighted by molar-refractivity contribution is -0.192. The first-order chi connectivity index (χ1) is 14.4. The molecule has 31 heavy (non-hydrogen) atoms. The molecule has 1 spiro atoms. The van der Waals surface area contributed by atoms with E-state index in [1.165, 1.54) is 23.5 Å². The van der Waals surface area contributed by atoms with Gasteiger partial charge in [-0.1, -0.05) is 26.7 Å². The van der Waals surface area contributed by atoms with Crippen LogP contribution in [0.25, 0.3) is 0 Å². The van der Waals surface area contributed by atoms with Crippen molar-refractivity contribution in [1.82, 2.24) is 9.47 Å². The number of aliphatic carboxylic acids is 1. The number of carboxylic acids is 1. The monoisotopic (exact) mass is 445 g/mol. The molecule has 2 aliphatic heterocycles. The van der Waals surface area contributed by atoms with Gasteiger partial charge in [-0.15, -0.1) is 0 Å². The minimum Gasteiger partial charge on any atom is -0.475 e. The van der Waals surface area contributed by atoms with Crippen LogP contribution in [0.2, 0.25) is 0 Å². The number of piperidine rings is 1. The largest absolute Gasteiger partial charge is 0.490 e. The molecule has 2 aliphatic rings. The summed E-state index contributed by atoms with van der Waals surface area (Å²) < 4.78 is 33.3. The molecule has 1 amide bonds. The third-order valence-electron chi connectivity index (χ3n) is 6.11. The van der Waals surface area contributed by atoms with Crippen LogP contribution in [0.3, 0.4) is 0 Å². The van der Waals surface area contributed by atoms with Crippen LogP contribution >= 0.6 is 0 Å². The second-order valence-electron chi connectivity index (χ2n) is 8.33. The van der Waals surface area contributed by atoms with Crippen LogP contribution in [-0.2, 0) is 16.6 Å². The molecule has 7 nitrogen and oxygen atoms in total. The lowest BCUT2D eigenvalue weighted by atomic mass is 9.72. The van der Waals surface area contributed by atoms with Crippen molar-refractivity contribution in [2.45, 2.75) is 45.7 Å². The van der Waals surface area contributed by atoms with Crippen molar-refractivity contribution >= 4 is 17.6 Å². The van der Waals surface area contributed by atoms with E-state index in [9.17, 15) is 22.8 Å². The smallest absolute Gasteiger partial charge is 0.475 e. The van der Waals surface area contributed by atoms with E-state index in [0.29, 0.717) is 0 Å². The Morgan fingerprint density at radius 1 is 1.19 bits per heavy atom. The number of aryl methyl sites for hydroxylation is 1. The van der Waals surface area contributed by atoms with Gasteiger partial charge in [0.15, 0.2) is 0 Å². The van der Waals surface area contributed by atoms with Gasteiger partial charge >= 0.3 is 12.1 Å². The molecule has 0 saturated carbocycles. The number of amides is 1. The number of hydrogen-bond acceptors (Lipinski definition) is 4. The Bertz CT molecular complexity index is 851. The number of aromatic nitrogens is 1. The van der Waals surface area contributed by atoms with E-state index >= 15 is 0 Å². The lowest BCUT2D eigenvalue weighted by Gasteiger charge is -2.53. The summed E-state index contributed by atoms with van der Waals surface area (Å²) in [5.74, 6) is -1.79. The number of halogens is 3. The van der Waals surface area contributed by atoms with Gasteiger partial charge in [-0.05, 0) is 31.4 Å². The van der Waals surface area contributed by atoms with Gasteiger partial charge < -0.3 is 19.5 Å². The molecule has 3 heterocycles. The van der Waals surface area contributed by atoms with Crippen LogP contribution in [0.1, 0.15) is 39.5 Å². The molecule has 3 rings (SSSR count). The lowest BCUT2D eigenvalue weighted by Crippen LogP contribution is -2.67. The van der Waals surface area contributed by atoms with Crippen molar-refractivity contribution < 1.29 is 27.9 Å². The third kappa shape index (κ3) is 5.87. The van der Waals surface area contributed by atoms with Crippen molar-refractivity contribution in [2.24, 2.45) is 18.4 Å². The summed E-state index contributed by atoms with van der Waals surface area (Å²) >= 11 is 0. The van der Waals surface area contributed by atoms with Crippen molar-refractivity contribution in [3.63, 3.8) is 0 Å². The zero-order chi connectivity index (χ0) is 23.4. The third-order valence-corrected chi connectivity index (χ3v) is 6.11. The fourth-order valence-corrected chi connectivity index (χ4v) is 4.18. The predicted octanol–water partition coefficient (Wildman–Crippen LogP) is 2.88. The molecule has 1 aromatic heterocycles. The van der Waals surface area contributed by atoms with E-state index in [2.05, 4.69) is 18.7 Å². The molecule has 1 aromatic rings. The van der Waals surface area contributed by atoms with E-state index in [0.717, 1.165) is 50.6 Å². The number of rotatable bonds is 5. The summed E-state index contributed by atoms with van der Waals surface area (Å²) in [6.45, 7) is 8.41. The first-order valence-electron chi connectivity index (χ1n) is 10.4. The maximum Gasteiger partial charge on any atom is 0.490 e. The van der Waals surface area contributed by atoms with Crippen LogP contribution in [0.15, 0.2) is 23.1 Å². The van der Waals surface area contributed by atoms with Gasteiger partial charge in [0.1, 0.15) is 0 Å². The average Bonchev–Trinajstić information content (AvgIpc) is 2.72. The number of anilines is 1. The molecule has 10 heteroatoms. The molecule has 0 aliphatic carbocycles. The van der Waals surface area contributed by atoms with Crippen LogP contribution in [-0.4, -0.2) is 58.8 Å². The summed E-state index contributed by atoms with van der Waals surface area (Å²) in [6, 6.07) is 3.30. The van der Waals surface area contributed by atoms with Gasteiger partial charge in [0.25, 0.3) is 0 Å². The van der Waals surface area contributed by atoms with E-state index in [1.54, 1.807) is 19.3 Å². The number of β-lactam (4-membered cyclic amide) rings is 1. The Morgan fingerprint density at radius 3 is 2.29 bits per heavy atom. The Morgan fingerprint density at radius 2 is 1.81 bits per heavy atom. The van der Waals surface area contributed by atoms with Crippen molar-refractivity contribution in [3.05, 3.63) is 28.7 Å².